The number of nitrogens with zero attached hydrogens (tertiary/aromatic N) is 3. The fourth-order valence-corrected chi connectivity index (χ4v) is 5.87. The number of carbonyl (C=O) groups is 1. The van der Waals surface area contributed by atoms with Gasteiger partial charge in [0, 0.05) is 26.7 Å². The Hall–Kier alpha value is -1.65. The zero-order chi connectivity index (χ0) is 16.2. The highest BCUT2D eigenvalue weighted by Gasteiger charge is 2.51. The molecule has 23 heavy (non-hydrogen) atoms. The van der Waals surface area contributed by atoms with E-state index in [1.807, 2.05) is 11.9 Å². The van der Waals surface area contributed by atoms with Gasteiger partial charge in [0.1, 0.15) is 5.69 Å². The van der Waals surface area contributed by atoms with Crippen molar-refractivity contribution < 1.29 is 4.79 Å². The molecule has 5 rings (SSSR count). The van der Waals surface area contributed by atoms with E-state index in [0.29, 0.717) is 11.1 Å². The Morgan fingerprint density at radius 3 is 2.30 bits per heavy atom. The molecule has 5 nitrogen and oxygen atoms in total. The third-order valence-corrected chi connectivity index (χ3v) is 6.26. The minimum Gasteiger partial charge on any atom is -0.340 e. The monoisotopic (exact) mass is 315 g/mol. The molecule has 4 aliphatic carbocycles. The van der Waals surface area contributed by atoms with Crippen molar-refractivity contribution in [3.05, 3.63) is 28.2 Å². The number of rotatable bonds is 3. The third kappa shape index (κ3) is 2.60. The van der Waals surface area contributed by atoms with Gasteiger partial charge in [-0.05, 0) is 67.8 Å². The predicted octanol–water partition coefficient (Wildman–Crippen LogP) is 2.07. The summed E-state index contributed by atoms with van der Waals surface area (Å²) in [6, 6.07) is 2.96. The highest BCUT2D eigenvalue weighted by molar-refractivity contribution is 5.91. The Bertz CT molecular complexity index is 658. The van der Waals surface area contributed by atoms with Crippen LogP contribution in [0.15, 0.2) is 16.9 Å². The van der Waals surface area contributed by atoms with Crippen LogP contribution in [0.4, 0.5) is 0 Å². The van der Waals surface area contributed by atoms with Crippen LogP contribution in [0.3, 0.4) is 0 Å². The first-order valence-corrected chi connectivity index (χ1v) is 8.74. The average Bonchev–Trinajstić information content (AvgIpc) is 2.47. The first kappa shape index (κ1) is 14.9. The van der Waals surface area contributed by atoms with Gasteiger partial charge in [-0.25, -0.2) is 4.68 Å². The molecule has 0 saturated heterocycles. The van der Waals surface area contributed by atoms with Crippen LogP contribution in [-0.4, -0.2) is 34.2 Å². The molecule has 1 amide bonds. The van der Waals surface area contributed by atoms with Crippen molar-refractivity contribution in [1.29, 1.82) is 0 Å². The SMILES string of the molecule is CN(CC12CC3CC(CC(C3)C1)C2)C(=O)c1ccc(=O)n(C)n1. The summed E-state index contributed by atoms with van der Waals surface area (Å²) in [6.45, 7) is 0.833. The molecule has 0 N–H and O–H groups in total. The second-order valence-corrected chi connectivity index (χ2v) is 8.26. The zero-order valence-electron chi connectivity index (χ0n) is 14.0. The van der Waals surface area contributed by atoms with E-state index in [0.717, 1.165) is 24.3 Å². The summed E-state index contributed by atoms with van der Waals surface area (Å²) in [4.78, 5) is 26.0. The summed E-state index contributed by atoms with van der Waals surface area (Å²) in [5.74, 6) is 2.60. The molecular weight excluding hydrogens is 290 g/mol. The molecule has 0 unspecified atom stereocenters. The molecule has 4 bridgehead atoms. The second kappa shape index (κ2) is 5.18. The number of amides is 1. The van der Waals surface area contributed by atoms with Crippen molar-refractivity contribution in [2.45, 2.75) is 38.5 Å². The smallest absolute Gasteiger partial charge is 0.274 e. The van der Waals surface area contributed by atoms with Crippen LogP contribution in [0.2, 0.25) is 0 Å². The van der Waals surface area contributed by atoms with E-state index >= 15 is 0 Å². The molecule has 0 atom stereocenters. The van der Waals surface area contributed by atoms with Crippen LogP contribution in [-0.2, 0) is 7.05 Å². The number of aryl methyl sites for hydroxylation is 1. The average molecular weight is 315 g/mol. The van der Waals surface area contributed by atoms with Crippen LogP contribution >= 0.6 is 0 Å². The maximum atomic E-state index is 12.7. The summed E-state index contributed by atoms with van der Waals surface area (Å²) >= 11 is 0. The van der Waals surface area contributed by atoms with Gasteiger partial charge in [0.05, 0.1) is 0 Å². The van der Waals surface area contributed by atoms with Gasteiger partial charge in [-0.15, -0.1) is 0 Å². The van der Waals surface area contributed by atoms with Crippen molar-refractivity contribution in [2.24, 2.45) is 30.2 Å². The Kier molecular flexibility index (Phi) is 3.36. The van der Waals surface area contributed by atoms with Crippen molar-refractivity contribution in [3.8, 4) is 0 Å². The standard InChI is InChI=1S/C18H25N3O2/c1-20(17(23)15-3-4-16(22)21(2)19-15)11-18-8-12-5-13(9-18)7-14(6-12)10-18/h3-4,12-14H,5-11H2,1-2H3. The van der Waals surface area contributed by atoms with Crippen molar-refractivity contribution >= 4 is 5.91 Å². The number of hydrogen-bond acceptors (Lipinski definition) is 3. The number of aromatic nitrogens is 2. The lowest BCUT2D eigenvalue weighted by Gasteiger charge is -2.57. The molecule has 1 aromatic rings. The van der Waals surface area contributed by atoms with Crippen molar-refractivity contribution in [3.63, 3.8) is 0 Å². The Labute approximate surface area is 136 Å². The third-order valence-electron chi connectivity index (χ3n) is 6.26. The molecule has 4 fully saturated rings. The molecule has 4 saturated carbocycles. The Balaban J connectivity index is 1.51. The molecule has 0 aromatic carbocycles. The molecule has 1 heterocycles. The summed E-state index contributed by atoms with van der Waals surface area (Å²) in [5.41, 5.74) is 0.504. The Morgan fingerprint density at radius 1 is 1.22 bits per heavy atom. The quantitative estimate of drug-likeness (QED) is 0.858. The first-order chi connectivity index (χ1) is 10.9. The van der Waals surface area contributed by atoms with E-state index in [9.17, 15) is 9.59 Å². The highest BCUT2D eigenvalue weighted by Crippen LogP contribution is 2.60. The molecule has 1 aromatic heterocycles. The summed E-state index contributed by atoms with van der Waals surface area (Å²) in [7, 11) is 3.46. The topological polar surface area (TPSA) is 55.2 Å². The molecule has 0 spiro atoms. The lowest BCUT2D eigenvalue weighted by Crippen LogP contribution is -2.51. The van der Waals surface area contributed by atoms with E-state index in [1.165, 1.54) is 49.3 Å². The van der Waals surface area contributed by atoms with Gasteiger partial charge < -0.3 is 4.90 Å². The summed E-state index contributed by atoms with van der Waals surface area (Å²) in [5, 5.41) is 4.10. The largest absolute Gasteiger partial charge is 0.340 e. The second-order valence-electron chi connectivity index (χ2n) is 8.26. The van der Waals surface area contributed by atoms with Crippen molar-refractivity contribution in [2.75, 3.05) is 13.6 Å². The lowest BCUT2D eigenvalue weighted by molar-refractivity contribution is -0.0629. The van der Waals surface area contributed by atoms with Crippen LogP contribution in [0.25, 0.3) is 0 Å². The van der Waals surface area contributed by atoms with Gasteiger partial charge in [-0.2, -0.15) is 5.10 Å². The fraction of sp³-hybridized carbons (Fsp3) is 0.722. The molecule has 5 heteroatoms. The fourth-order valence-electron chi connectivity index (χ4n) is 5.87. The lowest BCUT2D eigenvalue weighted by atomic mass is 9.49. The molecule has 124 valence electrons. The van der Waals surface area contributed by atoms with E-state index < -0.39 is 0 Å². The Morgan fingerprint density at radius 2 is 1.78 bits per heavy atom. The number of carbonyl (C=O) groups excluding carboxylic acids is 1. The minimum absolute atomic E-state index is 0.0728. The normalized spacial score (nSPS) is 34.6. The van der Waals surface area contributed by atoms with Gasteiger partial charge in [0.25, 0.3) is 11.5 Å². The maximum Gasteiger partial charge on any atom is 0.274 e. The van der Waals surface area contributed by atoms with Crippen LogP contribution < -0.4 is 5.56 Å². The van der Waals surface area contributed by atoms with Gasteiger partial charge in [-0.3, -0.25) is 9.59 Å². The zero-order valence-corrected chi connectivity index (χ0v) is 14.0. The molecule has 4 aliphatic rings. The predicted molar refractivity (Wildman–Crippen MR) is 87.0 cm³/mol. The van der Waals surface area contributed by atoms with Gasteiger partial charge in [-0.1, -0.05) is 0 Å². The molecule has 0 radical (unpaired) electrons. The molecule has 0 aliphatic heterocycles. The van der Waals surface area contributed by atoms with Crippen LogP contribution in [0.1, 0.15) is 49.0 Å². The summed E-state index contributed by atoms with van der Waals surface area (Å²) in [6.07, 6.45) is 8.11. The number of hydrogen-bond donors (Lipinski definition) is 0. The van der Waals surface area contributed by atoms with Gasteiger partial charge in [0.2, 0.25) is 0 Å². The van der Waals surface area contributed by atoms with Gasteiger partial charge >= 0.3 is 0 Å². The van der Waals surface area contributed by atoms with Crippen LogP contribution in [0.5, 0.6) is 0 Å². The van der Waals surface area contributed by atoms with E-state index in [1.54, 1.807) is 13.1 Å². The molecular formula is C18H25N3O2. The first-order valence-electron chi connectivity index (χ1n) is 8.74. The van der Waals surface area contributed by atoms with E-state index in [-0.39, 0.29) is 11.5 Å². The van der Waals surface area contributed by atoms with Gasteiger partial charge in [0.15, 0.2) is 0 Å². The maximum absolute atomic E-state index is 12.7. The van der Waals surface area contributed by atoms with E-state index in [4.69, 9.17) is 0 Å². The highest BCUT2D eigenvalue weighted by atomic mass is 16.2. The minimum atomic E-state index is -0.190. The van der Waals surface area contributed by atoms with E-state index in [2.05, 4.69) is 5.10 Å². The van der Waals surface area contributed by atoms with Crippen molar-refractivity contribution in [1.82, 2.24) is 14.7 Å². The summed E-state index contributed by atoms with van der Waals surface area (Å²) < 4.78 is 1.23. The van der Waals surface area contributed by atoms with Crippen LogP contribution in [0, 0.1) is 23.2 Å².